The van der Waals surface area contributed by atoms with Crippen LogP contribution in [0.5, 0.6) is 0 Å². The van der Waals surface area contributed by atoms with E-state index in [1.165, 1.54) is 4.90 Å². The van der Waals surface area contributed by atoms with E-state index in [-0.39, 0.29) is 0 Å². The van der Waals surface area contributed by atoms with Gasteiger partial charge in [0.1, 0.15) is 0 Å². The van der Waals surface area contributed by atoms with Crippen molar-refractivity contribution >= 4 is 11.6 Å². The molecule has 1 aromatic carbocycles. The van der Waals surface area contributed by atoms with E-state index in [1.54, 1.807) is 24.3 Å². The van der Waals surface area contributed by atoms with Crippen molar-refractivity contribution in [3.05, 3.63) is 29.8 Å². The van der Waals surface area contributed by atoms with E-state index in [1.807, 2.05) is 0 Å². The first kappa shape index (κ1) is 14.8. The Morgan fingerprint density at radius 2 is 2.05 bits per heavy atom. The minimum Gasteiger partial charge on any atom is -0.388 e. The van der Waals surface area contributed by atoms with Gasteiger partial charge in [-0.25, -0.2) is 0 Å². The molecule has 0 saturated carbocycles. The molecule has 1 unspecified atom stereocenters. The highest BCUT2D eigenvalue weighted by atomic mass is 19.4. The number of alkyl halides is 3. The molecule has 1 aromatic rings. The lowest BCUT2D eigenvalue weighted by atomic mass is 10.0. The Morgan fingerprint density at radius 3 is 2.75 bits per heavy atom. The summed E-state index contributed by atoms with van der Waals surface area (Å²) in [5.41, 5.74) is 1.12. The van der Waals surface area contributed by atoms with Crippen molar-refractivity contribution in [2.75, 3.05) is 11.4 Å². The number of hydrogen-bond donors (Lipinski definition) is 1. The van der Waals surface area contributed by atoms with Gasteiger partial charge in [0.05, 0.1) is 12.5 Å². The first-order chi connectivity index (χ1) is 9.38. The summed E-state index contributed by atoms with van der Waals surface area (Å²) in [6.45, 7) is 0.338. The van der Waals surface area contributed by atoms with Crippen LogP contribution in [0.25, 0.3) is 0 Å². The Hall–Kier alpha value is -1.56. The maximum atomic E-state index is 12.2. The van der Waals surface area contributed by atoms with Gasteiger partial charge in [0.25, 0.3) is 0 Å². The van der Waals surface area contributed by atoms with Crippen molar-refractivity contribution in [1.82, 2.24) is 0 Å². The van der Waals surface area contributed by atoms with Crippen LogP contribution in [0, 0.1) is 0 Å². The highest BCUT2D eigenvalue weighted by molar-refractivity contribution is 5.94. The minimum atomic E-state index is -4.33. The topological polar surface area (TPSA) is 40.5 Å². The van der Waals surface area contributed by atoms with E-state index in [0.717, 1.165) is 0 Å². The molecule has 6 heteroatoms. The summed E-state index contributed by atoms with van der Waals surface area (Å²) in [5.74, 6) is -0.552. The zero-order chi connectivity index (χ0) is 14.8. The fraction of sp³-hybridized carbons (Fsp3) is 0.500. The molecule has 0 saturated heterocycles. The third-order valence-corrected chi connectivity index (χ3v) is 3.37. The van der Waals surface area contributed by atoms with Gasteiger partial charge in [-0.15, -0.1) is 0 Å². The van der Waals surface area contributed by atoms with E-state index in [4.69, 9.17) is 0 Å². The summed E-state index contributed by atoms with van der Waals surface area (Å²) in [5, 5.41) is 9.98. The number of nitrogens with zero attached hydrogens (tertiary/aromatic N) is 1. The van der Waals surface area contributed by atoms with Crippen LogP contribution in [0.4, 0.5) is 18.9 Å². The van der Waals surface area contributed by atoms with Crippen molar-refractivity contribution in [1.29, 1.82) is 0 Å². The summed E-state index contributed by atoms with van der Waals surface area (Å²) < 4.78 is 36.6. The Kier molecular flexibility index (Phi) is 4.32. The monoisotopic (exact) mass is 287 g/mol. The normalized spacial score (nSPS) is 19.4. The van der Waals surface area contributed by atoms with Crippen molar-refractivity contribution in [3.63, 3.8) is 0 Å². The van der Waals surface area contributed by atoms with Crippen molar-refractivity contribution in [3.8, 4) is 0 Å². The maximum absolute atomic E-state index is 12.2. The van der Waals surface area contributed by atoms with E-state index >= 15 is 0 Å². The molecule has 20 heavy (non-hydrogen) atoms. The Morgan fingerprint density at radius 1 is 1.35 bits per heavy atom. The van der Waals surface area contributed by atoms with Crippen molar-refractivity contribution in [2.24, 2.45) is 0 Å². The van der Waals surface area contributed by atoms with Crippen LogP contribution < -0.4 is 4.90 Å². The number of carbonyl (C=O) groups is 1. The number of benzene rings is 1. The molecule has 1 atom stereocenters. The Bertz CT molecular complexity index is 488. The average Bonchev–Trinajstić information content (AvgIpc) is 2.55. The van der Waals surface area contributed by atoms with Gasteiger partial charge in [0.2, 0.25) is 5.91 Å². The van der Waals surface area contributed by atoms with E-state index in [9.17, 15) is 23.1 Å². The second kappa shape index (κ2) is 5.83. The van der Waals surface area contributed by atoms with Gasteiger partial charge >= 0.3 is 6.18 Å². The van der Waals surface area contributed by atoms with Crippen LogP contribution in [0.2, 0.25) is 0 Å². The molecule has 1 aliphatic heterocycles. The summed E-state index contributed by atoms with van der Waals surface area (Å²) in [6, 6.07) is 6.82. The number of hydrogen-bond acceptors (Lipinski definition) is 2. The standard InChI is InChI=1S/C14H16F3NO2/c15-14(16,17)8-7-13(20)18-9-3-6-12(19)10-4-1-2-5-11(10)18/h1-2,4-5,12,19H,3,6-9H2. The number of para-hydroxylation sites is 1. The lowest BCUT2D eigenvalue weighted by Gasteiger charge is -2.23. The quantitative estimate of drug-likeness (QED) is 0.907. The smallest absolute Gasteiger partial charge is 0.388 e. The number of aliphatic hydroxyl groups is 1. The average molecular weight is 287 g/mol. The largest absolute Gasteiger partial charge is 0.389 e. The summed E-state index contributed by atoms with van der Waals surface area (Å²) in [7, 11) is 0. The molecule has 0 radical (unpaired) electrons. The molecule has 1 N–H and O–H groups in total. The highest BCUT2D eigenvalue weighted by Gasteiger charge is 2.31. The molecule has 0 aliphatic carbocycles. The number of anilines is 1. The van der Waals surface area contributed by atoms with Gasteiger partial charge in [-0.2, -0.15) is 13.2 Å². The first-order valence-corrected chi connectivity index (χ1v) is 6.52. The van der Waals surface area contributed by atoms with Gasteiger partial charge in [-0.1, -0.05) is 18.2 Å². The molecule has 0 bridgehead atoms. The third-order valence-electron chi connectivity index (χ3n) is 3.37. The molecule has 0 aromatic heterocycles. The minimum absolute atomic E-state index is 0.338. The van der Waals surface area contributed by atoms with E-state index < -0.39 is 31.0 Å². The van der Waals surface area contributed by atoms with Gasteiger partial charge < -0.3 is 10.0 Å². The molecule has 1 heterocycles. The van der Waals surface area contributed by atoms with Crippen LogP contribution in [0.3, 0.4) is 0 Å². The molecule has 1 amide bonds. The third kappa shape index (κ3) is 3.50. The fourth-order valence-electron chi connectivity index (χ4n) is 2.38. The van der Waals surface area contributed by atoms with Crippen LogP contribution in [-0.2, 0) is 4.79 Å². The number of carbonyl (C=O) groups excluding carboxylic acids is 1. The number of aliphatic hydroxyl groups excluding tert-OH is 1. The number of fused-ring (bicyclic) bond motifs is 1. The lowest BCUT2D eigenvalue weighted by molar-refractivity contribution is -0.143. The fourth-order valence-corrected chi connectivity index (χ4v) is 2.38. The van der Waals surface area contributed by atoms with Crippen molar-refractivity contribution < 1.29 is 23.1 Å². The molecule has 1 aliphatic rings. The van der Waals surface area contributed by atoms with Crippen LogP contribution >= 0.6 is 0 Å². The summed E-state index contributed by atoms with van der Waals surface area (Å²) in [4.78, 5) is 13.4. The molecule has 2 rings (SSSR count). The van der Waals surface area contributed by atoms with Gasteiger partial charge in [0, 0.05) is 24.2 Å². The summed E-state index contributed by atoms with van der Waals surface area (Å²) in [6.07, 6.45) is -5.62. The Balaban J connectivity index is 2.19. The lowest BCUT2D eigenvalue weighted by Crippen LogP contribution is -2.32. The number of rotatable bonds is 2. The SMILES string of the molecule is O=C(CCC(F)(F)F)N1CCCC(O)c2ccccc21. The van der Waals surface area contributed by atoms with Crippen LogP contribution in [0.15, 0.2) is 24.3 Å². The molecule has 3 nitrogen and oxygen atoms in total. The zero-order valence-corrected chi connectivity index (χ0v) is 10.9. The molecular weight excluding hydrogens is 271 g/mol. The Labute approximate surface area is 115 Å². The molecular formula is C14H16F3NO2. The molecule has 110 valence electrons. The van der Waals surface area contributed by atoms with Gasteiger partial charge in [-0.05, 0) is 18.9 Å². The first-order valence-electron chi connectivity index (χ1n) is 6.52. The zero-order valence-electron chi connectivity index (χ0n) is 10.9. The predicted octanol–water partition coefficient (Wildman–Crippen LogP) is 3.19. The van der Waals surface area contributed by atoms with Crippen LogP contribution in [-0.4, -0.2) is 23.7 Å². The molecule has 0 fully saturated rings. The number of amides is 1. The highest BCUT2D eigenvalue weighted by Crippen LogP contribution is 2.33. The number of halogens is 3. The van der Waals surface area contributed by atoms with Crippen molar-refractivity contribution in [2.45, 2.75) is 38.0 Å². The molecule has 0 spiro atoms. The van der Waals surface area contributed by atoms with Gasteiger partial charge in [-0.3, -0.25) is 4.79 Å². The summed E-state index contributed by atoms with van der Waals surface area (Å²) >= 11 is 0. The maximum Gasteiger partial charge on any atom is 0.389 e. The van der Waals surface area contributed by atoms with E-state index in [0.29, 0.717) is 30.6 Å². The van der Waals surface area contributed by atoms with Gasteiger partial charge in [0.15, 0.2) is 0 Å². The van der Waals surface area contributed by atoms with Crippen LogP contribution in [0.1, 0.15) is 37.4 Å². The predicted molar refractivity (Wildman–Crippen MR) is 68.3 cm³/mol. The second-order valence-electron chi connectivity index (χ2n) is 4.88. The second-order valence-corrected chi connectivity index (χ2v) is 4.88. The van der Waals surface area contributed by atoms with E-state index in [2.05, 4.69) is 0 Å².